The molecule has 1 unspecified atom stereocenters. The topological polar surface area (TPSA) is 76.4 Å². The molecular weight excluding hydrogens is 218 g/mol. The zero-order chi connectivity index (χ0) is 11.3. The molecule has 1 aromatic rings. The summed E-state index contributed by atoms with van der Waals surface area (Å²) in [5.41, 5.74) is 0.531. The maximum atomic E-state index is 10.6. The van der Waals surface area contributed by atoms with Crippen LogP contribution in [0, 0.1) is 11.3 Å². The van der Waals surface area contributed by atoms with Crippen LogP contribution in [-0.4, -0.2) is 14.7 Å². The molecule has 6 heteroatoms. The van der Waals surface area contributed by atoms with Gasteiger partial charge in [0.25, 0.3) is 10.1 Å². The first-order valence-electron chi connectivity index (χ1n) is 4.02. The van der Waals surface area contributed by atoms with Gasteiger partial charge in [0, 0.05) is 0 Å². The first-order valence-corrected chi connectivity index (χ1v) is 5.84. The summed E-state index contributed by atoms with van der Waals surface area (Å²) >= 11 is 0. The Labute approximate surface area is 87.9 Å². The third kappa shape index (κ3) is 4.08. The third-order valence-electron chi connectivity index (χ3n) is 1.48. The number of hydrogen-bond donors (Lipinski definition) is 0. The first-order chi connectivity index (χ1) is 7.03. The summed E-state index contributed by atoms with van der Waals surface area (Å²) in [6.07, 6.45) is -0.215. The van der Waals surface area contributed by atoms with Crippen LogP contribution < -0.4 is 0 Å². The summed E-state index contributed by atoms with van der Waals surface area (Å²) in [7, 11) is -3.71. The number of hydrogen-bond acceptors (Lipinski definition) is 5. The number of nitriles is 1. The van der Waals surface area contributed by atoms with E-state index in [4.69, 9.17) is 5.26 Å². The fourth-order valence-electron chi connectivity index (χ4n) is 0.890. The SMILES string of the molecule is CS(=O)(=O)OOC(C#N)c1ccccc1. The van der Waals surface area contributed by atoms with Crippen molar-refractivity contribution in [2.75, 3.05) is 6.26 Å². The van der Waals surface area contributed by atoms with Gasteiger partial charge in [0.05, 0.1) is 6.26 Å². The van der Waals surface area contributed by atoms with E-state index in [-0.39, 0.29) is 0 Å². The van der Waals surface area contributed by atoms with E-state index in [2.05, 4.69) is 9.22 Å². The lowest BCUT2D eigenvalue weighted by Gasteiger charge is -2.07. The smallest absolute Gasteiger partial charge is 0.197 e. The summed E-state index contributed by atoms with van der Waals surface area (Å²) in [4.78, 5) is 4.49. The van der Waals surface area contributed by atoms with Gasteiger partial charge in [0.1, 0.15) is 6.07 Å². The van der Waals surface area contributed by atoms with E-state index in [0.29, 0.717) is 5.56 Å². The van der Waals surface area contributed by atoms with Crippen LogP contribution in [0.2, 0.25) is 0 Å². The lowest BCUT2D eigenvalue weighted by atomic mass is 10.1. The van der Waals surface area contributed by atoms with Crippen LogP contribution in [0.3, 0.4) is 0 Å². The molecule has 0 spiro atoms. The van der Waals surface area contributed by atoms with Crippen LogP contribution in [0.1, 0.15) is 11.7 Å². The lowest BCUT2D eigenvalue weighted by Crippen LogP contribution is -2.08. The molecule has 0 heterocycles. The molecule has 0 radical (unpaired) electrons. The lowest BCUT2D eigenvalue weighted by molar-refractivity contribution is -0.226. The van der Waals surface area contributed by atoms with Crippen LogP contribution in [0.15, 0.2) is 30.3 Å². The Morgan fingerprint density at radius 2 is 1.93 bits per heavy atom. The summed E-state index contributed by atoms with van der Waals surface area (Å²) in [5, 5.41) is 8.73. The van der Waals surface area contributed by atoms with E-state index in [1.807, 2.05) is 0 Å². The van der Waals surface area contributed by atoms with Crippen LogP contribution in [0.4, 0.5) is 0 Å². The van der Waals surface area contributed by atoms with Gasteiger partial charge in [0.2, 0.25) is 6.10 Å². The van der Waals surface area contributed by atoms with Crippen molar-refractivity contribution in [3.63, 3.8) is 0 Å². The minimum Gasteiger partial charge on any atom is -0.197 e. The van der Waals surface area contributed by atoms with Crippen molar-refractivity contribution in [1.29, 1.82) is 5.26 Å². The third-order valence-corrected chi connectivity index (χ3v) is 1.80. The predicted octanol–water partition coefficient (Wildman–Crippen LogP) is 1.16. The molecule has 1 atom stereocenters. The van der Waals surface area contributed by atoms with Crippen LogP contribution >= 0.6 is 0 Å². The van der Waals surface area contributed by atoms with E-state index in [0.717, 1.165) is 6.26 Å². The molecule has 0 N–H and O–H groups in total. The van der Waals surface area contributed by atoms with Crippen molar-refractivity contribution < 1.29 is 17.6 Å². The molecule has 15 heavy (non-hydrogen) atoms. The van der Waals surface area contributed by atoms with Crippen LogP contribution in [0.5, 0.6) is 0 Å². The second-order valence-corrected chi connectivity index (χ2v) is 4.33. The van der Waals surface area contributed by atoms with Gasteiger partial charge in [-0.05, 0) is 5.56 Å². The van der Waals surface area contributed by atoms with Gasteiger partial charge in [-0.3, -0.25) is 0 Å². The molecule has 0 aliphatic rings. The molecule has 0 saturated carbocycles. The Morgan fingerprint density at radius 1 is 1.33 bits per heavy atom. The molecule has 5 nitrogen and oxygen atoms in total. The van der Waals surface area contributed by atoms with E-state index in [1.165, 1.54) is 0 Å². The van der Waals surface area contributed by atoms with Gasteiger partial charge in [-0.1, -0.05) is 30.3 Å². The Balaban J connectivity index is 2.71. The molecule has 1 rings (SSSR count). The molecule has 80 valence electrons. The van der Waals surface area contributed by atoms with Gasteiger partial charge in [0.15, 0.2) is 0 Å². The highest BCUT2D eigenvalue weighted by Gasteiger charge is 2.14. The van der Waals surface area contributed by atoms with Gasteiger partial charge < -0.3 is 0 Å². The van der Waals surface area contributed by atoms with Gasteiger partial charge in [-0.25, -0.2) is 0 Å². The molecular formula is C9H9NO4S. The van der Waals surface area contributed by atoms with Crippen molar-refractivity contribution in [2.24, 2.45) is 0 Å². The average Bonchev–Trinajstić information content (AvgIpc) is 2.19. The summed E-state index contributed by atoms with van der Waals surface area (Å²) in [6, 6.07) is 10.3. The highest BCUT2D eigenvalue weighted by atomic mass is 32.2. The minimum absolute atomic E-state index is 0.531. The van der Waals surface area contributed by atoms with Gasteiger partial charge in [-0.2, -0.15) is 18.6 Å². The summed E-state index contributed by atoms with van der Waals surface area (Å²) < 4.78 is 25.3. The molecule has 1 aromatic carbocycles. The van der Waals surface area contributed by atoms with Crippen LogP contribution in [0.25, 0.3) is 0 Å². The molecule has 0 amide bonds. The normalized spacial score (nSPS) is 13.1. The molecule has 0 fully saturated rings. The number of benzene rings is 1. The average molecular weight is 227 g/mol. The largest absolute Gasteiger partial charge is 0.290 e. The van der Waals surface area contributed by atoms with Crippen molar-refractivity contribution in [1.82, 2.24) is 0 Å². The van der Waals surface area contributed by atoms with E-state index in [9.17, 15) is 8.42 Å². The second kappa shape index (κ2) is 4.89. The van der Waals surface area contributed by atoms with Crippen LogP contribution in [-0.2, 0) is 19.3 Å². The van der Waals surface area contributed by atoms with Gasteiger partial charge >= 0.3 is 0 Å². The molecule has 0 aromatic heterocycles. The molecule has 0 bridgehead atoms. The standard InChI is InChI=1S/C9H9NO4S/c1-15(11,12)14-13-9(7-10)8-5-3-2-4-6-8/h2-6,9H,1H3. The van der Waals surface area contributed by atoms with E-state index in [1.54, 1.807) is 36.4 Å². The predicted molar refractivity (Wildman–Crippen MR) is 51.8 cm³/mol. The highest BCUT2D eigenvalue weighted by molar-refractivity contribution is 7.85. The zero-order valence-electron chi connectivity index (χ0n) is 7.95. The number of nitrogens with zero attached hydrogens (tertiary/aromatic N) is 1. The monoisotopic (exact) mass is 227 g/mol. The zero-order valence-corrected chi connectivity index (χ0v) is 8.77. The second-order valence-electron chi connectivity index (χ2n) is 2.79. The number of rotatable bonds is 4. The minimum atomic E-state index is -3.71. The summed E-state index contributed by atoms with van der Waals surface area (Å²) in [6.45, 7) is 0. The fourth-order valence-corrected chi connectivity index (χ4v) is 1.11. The Morgan fingerprint density at radius 3 is 2.40 bits per heavy atom. The summed E-state index contributed by atoms with van der Waals surface area (Å²) in [5.74, 6) is 0. The first kappa shape index (κ1) is 11.7. The maximum Gasteiger partial charge on any atom is 0.290 e. The van der Waals surface area contributed by atoms with Crippen molar-refractivity contribution in [2.45, 2.75) is 6.10 Å². The van der Waals surface area contributed by atoms with E-state index >= 15 is 0 Å². The maximum absolute atomic E-state index is 10.6. The molecule has 0 saturated heterocycles. The van der Waals surface area contributed by atoms with Crippen molar-refractivity contribution >= 4 is 10.1 Å². The van der Waals surface area contributed by atoms with Crippen molar-refractivity contribution in [3.8, 4) is 6.07 Å². The fraction of sp³-hybridized carbons (Fsp3) is 0.222. The quantitative estimate of drug-likeness (QED) is 0.569. The Kier molecular flexibility index (Phi) is 3.80. The Bertz CT molecular complexity index is 449. The highest BCUT2D eigenvalue weighted by Crippen LogP contribution is 2.16. The Hall–Kier alpha value is -1.42. The van der Waals surface area contributed by atoms with E-state index < -0.39 is 16.2 Å². The van der Waals surface area contributed by atoms with Crippen molar-refractivity contribution in [3.05, 3.63) is 35.9 Å². The van der Waals surface area contributed by atoms with Gasteiger partial charge in [-0.15, -0.1) is 4.33 Å². The molecule has 0 aliphatic heterocycles. The molecule has 0 aliphatic carbocycles.